The average Bonchev–Trinajstić information content (AvgIpc) is 2.71. The highest BCUT2D eigenvalue weighted by Crippen LogP contribution is 2.25. The zero-order valence-electron chi connectivity index (χ0n) is 20.6. The van der Waals surface area contributed by atoms with E-state index < -0.39 is 11.2 Å². The molecule has 1 aromatic carbocycles. The van der Waals surface area contributed by atoms with Crippen LogP contribution in [-0.4, -0.2) is 50.9 Å². The van der Waals surface area contributed by atoms with Gasteiger partial charge in [-0.3, -0.25) is 14.8 Å². The van der Waals surface area contributed by atoms with Gasteiger partial charge in [-0.15, -0.1) is 0 Å². The van der Waals surface area contributed by atoms with E-state index in [1.807, 2.05) is 46.8 Å². The maximum absolute atomic E-state index is 12.7. The first-order valence-electron chi connectivity index (χ1n) is 11.6. The molecule has 0 aliphatic carbocycles. The molecule has 2 rings (SSSR count). The normalized spacial score (nSPS) is 13.1. The molecule has 1 unspecified atom stereocenters. The van der Waals surface area contributed by atoms with E-state index in [-0.39, 0.29) is 17.5 Å². The Morgan fingerprint density at radius 3 is 2.25 bits per heavy atom. The lowest BCUT2D eigenvalue weighted by atomic mass is 10.0. The fourth-order valence-corrected chi connectivity index (χ4v) is 4.33. The van der Waals surface area contributed by atoms with Crippen molar-refractivity contribution in [2.24, 2.45) is 4.99 Å². The number of aliphatic imine (C=N–C) groups is 1. The molecule has 176 valence electrons. The summed E-state index contributed by atoms with van der Waals surface area (Å²) in [6, 6.07) is 3.90. The number of hydrogen-bond donors (Lipinski definition) is 2. The van der Waals surface area contributed by atoms with Gasteiger partial charge >= 0.3 is 5.69 Å². The van der Waals surface area contributed by atoms with E-state index in [0.717, 1.165) is 49.2 Å². The van der Waals surface area contributed by atoms with Gasteiger partial charge in [-0.25, -0.2) is 9.36 Å². The van der Waals surface area contributed by atoms with Crippen molar-refractivity contribution in [1.29, 1.82) is 0 Å². The third-order valence-electron chi connectivity index (χ3n) is 5.94. The van der Waals surface area contributed by atoms with Gasteiger partial charge in [0.05, 0.1) is 11.4 Å². The van der Waals surface area contributed by atoms with Crippen LogP contribution in [0, 0.1) is 20.8 Å². The van der Waals surface area contributed by atoms with Gasteiger partial charge in [0.1, 0.15) is 5.56 Å². The quantitative estimate of drug-likeness (QED) is 0.547. The minimum absolute atomic E-state index is 0.00235. The van der Waals surface area contributed by atoms with E-state index in [1.54, 1.807) is 0 Å². The van der Waals surface area contributed by atoms with Crippen LogP contribution in [0.15, 0.2) is 26.7 Å². The predicted octanol–water partition coefficient (Wildman–Crippen LogP) is 3.87. The van der Waals surface area contributed by atoms with Crippen molar-refractivity contribution in [2.75, 3.05) is 19.6 Å². The third kappa shape index (κ3) is 5.76. The largest absolute Gasteiger partial charge is 0.493 e. The Labute approximate surface area is 190 Å². The Bertz CT molecular complexity index is 1050. The molecule has 0 aliphatic rings. The molecule has 32 heavy (non-hydrogen) atoms. The summed E-state index contributed by atoms with van der Waals surface area (Å²) in [5.41, 5.74) is 2.65. The van der Waals surface area contributed by atoms with Gasteiger partial charge in [0.15, 0.2) is 0 Å². The highest BCUT2D eigenvalue weighted by atomic mass is 16.3. The first-order chi connectivity index (χ1) is 15.1. The molecule has 0 aliphatic heterocycles. The maximum Gasteiger partial charge on any atom is 0.335 e. The molecule has 2 aromatic rings. The highest BCUT2D eigenvalue weighted by Gasteiger charge is 2.22. The zero-order chi connectivity index (χ0) is 24.0. The van der Waals surface area contributed by atoms with Crippen molar-refractivity contribution >= 4 is 5.71 Å². The van der Waals surface area contributed by atoms with E-state index in [2.05, 4.69) is 23.7 Å². The highest BCUT2D eigenvalue weighted by molar-refractivity contribution is 6.02. The van der Waals surface area contributed by atoms with Crippen molar-refractivity contribution in [3.05, 3.63) is 55.2 Å². The summed E-state index contributed by atoms with van der Waals surface area (Å²) in [6.45, 7) is 17.0. The fourth-order valence-electron chi connectivity index (χ4n) is 4.33. The Balaban J connectivity index is 2.48. The van der Waals surface area contributed by atoms with Gasteiger partial charge in [0.2, 0.25) is 5.88 Å². The Morgan fingerprint density at radius 2 is 1.72 bits per heavy atom. The molecule has 7 heteroatoms. The van der Waals surface area contributed by atoms with Crippen LogP contribution < -0.4 is 11.2 Å². The van der Waals surface area contributed by atoms with Crippen LogP contribution in [0.2, 0.25) is 0 Å². The zero-order valence-corrected chi connectivity index (χ0v) is 20.6. The van der Waals surface area contributed by atoms with Gasteiger partial charge in [-0.05, 0) is 77.7 Å². The molecule has 1 heterocycles. The van der Waals surface area contributed by atoms with Gasteiger partial charge < -0.3 is 10.0 Å². The average molecular weight is 443 g/mol. The molecule has 0 bridgehead atoms. The molecule has 0 saturated carbocycles. The number of aromatic nitrogens is 2. The minimum Gasteiger partial charge on any atom is -0.493 e. The predicted molar refractivity (Wildman–Crippen MR) is 132 cm³/mol. The van der Waals surface area contributed by atoms with Gasteiger partial charge in [0, 0.05) is 6.04 Å². The van der Waals surface area contributed by atoms with Crippen molar-refractivity contribution < 1.29 is 5.11 Å². The maximum atomic E-state index is 12.7. The number of rotatable bonds is 10. The fraction of sp³-hybridized carbons (Fsp3) is 0.560. The molecule has 1 aromatic heterocycles. The van der Waals surface area contributed by atoms with Crippen LogP contribution in [0.25, 0.3) is 5.69 Å². The second kappa shape index (κ2) is 11.3. The van der Waals surface area contributed by atoms with Crippen LogP contribution in [0.5, 0.6) is 5.88 Å². The number of aryl methyl sites for hydroxylation is 3. The lowest BCUT2D eigenvalue weighted by Gasteiger charge is -2.19. The van der Waals surface area contributed by atoms with Crippen LogP contribution in [0.4, 0.5) is 0 Å². The van der Waals surface area contributed by atoms with Crippen molar-refractivity contribution in [2.45, 2.75) is 73.8 Å². The first-order valence-corrected chi connectivity index (χ1v) is 11.6. The SMILES string of the molecule is CCC(=NC(C)CCCN(CC)CC)c1c(O)n(-c2c(C)cc(C)cc2C)c(=O)[nH]c1=O. The number of nitrogens with one attached hydrogen (secondary N) is 1. The Kier molecular flexibility index (Phi) is 9.01. The number of benzene rings is 1. The van der Waals surface area contributed by atoms with E-state index in [4.69, 9.17) is 4.99 Å². The molecular formula is C25H38N4O3. The van der Waals surface area contributed by atoms with Crippen molar-refractivity contribution in [3.63, 3.8) is 0 Å². The van der Waals surface area contributed by atoms with E-state index >= 15 is 0 Å². The van der Waals surface area contributed by atoms with Crippen molar-refractivity contribution in [3.8, 4) is 11.6 Å². The molecule has 0 radical (unpaired) electrons. The van der Waals surface area contributed by atoms with Crippen LogP contribution in [0.3, 0.4) is 0 Å². The summed E-state index contributed by atoms with van der Waals surface area (Å²) in [4.78, 5) is 34.9. The molecule has 0 amide bonds. The van der Waals surface area contributed by atoms with Gasteiger partial charge in [0.25, 0.3) is 5.56 Å². The summed E-state index contributed by atoms with van der Waals surface area (Å²) < 4.78 is 1.19. The summed E-state index contributed by atoms with van der Waals surface area (Å²) in [5, 5.41) is 11.1. The third-order valence-corrected chi connectivity index (χ3v) is 5.94. The topological polar surface area (TPSA) is 90.7 Å². The number of H-pyrrole nitrogens is 1. The van der Waals surface area contributed by atoms with E-state index in [9.17, 15) is 14.7 Å². The number of nitrogens with zero attached hydrogens (tertiary/aromatic N) is 3. The summed E-state index contributed by atoms with van der Waals surface area (Å²) >= 11 is 0. The van der Waals surface area contributed by atoms with Gasteiger partial charge in [-0.2, -0.15) is 0 Å². The molecule has 0 spiro atoms. The Hall–Kier alpha value is -2.67. The molecule has 2 N–H and O–H groups in total. The number of aromatic amines is 1. The van der Waals surface area contributed by atoms with Crippen LogP contribution in [-0.2, 0) is 0 Å². The van der Waals surface area contributed by atoms with Crippen LogP contribution in [0.1, 0.15) is 69.2 Å². The Morgan fingerprint density at radius 1 is 1.12 bits per heavy atom. The summed E-state index contributed by atoms with van der Waals surface area (Å²) in [6.07, 6.45) is 2.36. The standard InChI is InChI=1S/C25H38N4O3/c1-8-20(26-19(7)12-11-13-28(9-2)10-3)21-23(30)27-25(32)29(24(21)31)22-17(5)14-16(4)15-18(22)6/h14-15,19,31H,8-13H2,1-7H3,(H,27,30,32). The number of aromatic hydroxyl groups is 1. The summed E-state index contributed by atoms with van der Waals surface area (Å²) in [7, 11) is 0. The van der Waals surface area contributed by atoms with Crippen LogP contribution >= 0.6 is 0 Å². The monoisotopic (exact) mass is 442 g/mol. The molecule has 0 fully saturated rings. The summed E-state index contributed by atoms with van der Waals surface area (Å²) in [5.74, 6) is -0.357. The lowest BCUT2D eigenvalue weighted by molar-refractivity contribution is 0.294. The minimum atomic E-state index is -0.658. The van der Waals surface area contributed by atoms with E-state index in [0.29, 0.717) is 17.8 Å². The smallest absolute Gasteiger partial charge is 0.335 e. The second-order valence-electron chi connectivity index (χ2n) is 8.49. The molecule has 7 nitrogen and oxygen atoms in total. The van der Waals surface area contributed by atoms with Crippen molar-refractivity contribution in [1.82, 2.24) is 14.5 Å². The molecule has 1 atom stereocenters. The first kappa shape index (κ1) is 25.6. The van der Waals surface area contributed by atoms with Gasteiger partial charge in [-0.1, -0.05) is 38.5 Å². The van der Waals surface area contributed by atoms with E-state index in [1.165, 1.54) is 4.57 Å². The lowest BCUT2D eigenvalue weighted by Crippen LogP contribution is -2.34. The molecular weight excluding hydrogens is 404 g/mol. The number of hydrogen-bond acceptors (Lipinski definition) is 5. The second-order valence-corrected chi connectivity index (χ2v) is 8.49. The molecule has 0 saturated heterocycles.